The number of esters is 1. The molecule has 0 radical (unpaired) electrons. The summed E-state index contributed by atoms with van der Waals surface area (Å²) in [5.41, 5.74) is 0.0719. The quantitative estimate of drug-likeness (QED) is 0.759. The monoisotopic (exact) mass is 370 g/mol. The van der Waals surface area contributed by atoms with Crippen LogP contribution in [-0.2, 0) is 16.1 Å². The van der Waals surface area contributed by atoms with Crippen molar-refractivity contribution >= 4 is 11.9 Å². The van der Waals surface area contributed by atoms with E-state index in [1.807, 2.05) is 10.8 Å². The SMILES string of the molecule is COc1cc(C(=O)N2CCC3(CC2)CC(Cn2ccnc2)OC3=O)ccn1. The molecule has 2 aromatic rings. The zero-order valence-electron chi connectivity index (χ0n) is 15.2. The Balaban J connectivity index is 1.39. The lowest BCUT2D eigenvalue weighted by atomic mass is 9.76. The lowest BCUT2D eigenvalue weighted by Gasteiger charge is -2.36. The number of methoxy groups -OCH3 is 1. The van der Waals surface area contributed by atoms with E-state index < -0.39 is 5.41 Å². The van der Waals surface area contributed by atoms with E-state index >= 15 is 0 Å². The van der Waals surface area contributed by atoms with Crippen molar-refractivity contribution in [3.8, 4) is 5.88 Å². The summed E-state index contributed by atoms with van der Waals surface area (Å²) in [6.45, 7) is 1.69. The van der Waals surface area contributed by atoms with Crippen molar-refractivity contribution in [2.75, 3.05) is 20.2 Å². The number of aromatic nitrogens is 3. The molecule has 2 fully saturated rings. The smallest absolute Gasteiger partial charge is 0.312 e. The number of carbonyl (C=O) groups is 2. The van der Waals surface area contributed by atoms with Gasteiger partial charge in [0.15, 0.2) is 0 Å². The number of nitrogens with zero attached hydrogens (tertiary/aromatic N) is 4. The van der Waals surface area contributed by atoms with E-state index in [4.69, 9.17) is 9.47 Å². The molecule has 4 heterocycles. The molecular weight excluding hydrogens is 348 g/mol. The fourth-order valence-electron chi connectivity index (χ4n) is 3.95. The highest BCUT2D eigenvalue weighted by molar-refractivity contribution is 5.94. The Morgan fingerprint density at radius 3 is 2.89 bits per heavy atom. The Morgan fingerprint density at radius 2 is 2.19 bits per heavy atom. The molecule has 8 nitrogen and oxygen atoms in total. The van der Waals surface area contributed by atoms with Gasteiger partial charge in [-0.3, -0.25) is 9.59 Å². The van der Waals surface area contributed by atoms with Gasteiger partial charge in [-0.1, -0.05) is 0 Å². The third kappa shape index (κ3) is 3.39. The third-order valence-electron chi connectivity index (χ3n) is 5.50. The lowest BCUT2D eigenvalue weighted by Crippen LogP contribution is -2.45. The number of cyclic esters (lactones) is 1. The zero-order valence-corrected chi connectivity index (χ0v) is 15.2. The number of amides is 1. The Bertz CT molecular complexity index is 828. The first-order valence-electron chi connectivity index (χ1n) is 9.06. The molecule has 1 spiro atoms. The molecule has 0 aliphatic carbocycles. The second-order valence-electron chi connectivity index (χ2n) is 7.15. The average Bonchev–Trinajstić information content (AvgIpc) is 3.30. The average molecular weight is 370 g/mol. The van der Waals surface area contributed by atoms with Gasteiger partial charge in [-0.2, -0.15) is 0 Å². The number of rotatable bonds is 4. The Kier molecular flexibility index (Phi) is 4.55. The van der Waals surface area contributed by atoms with Crippen LogP contribution in [0.3, 0.4) is 0 Å². The maximum atomic E-state index is 12.7. The molecule has 27 heavy (non-hydrogen) atoms. The van der Waals surface area contributed by atoms with Gasteiger partial charge in [-0.05, 0) is 18.9 Å². The summed E-state index contributed by atoms with van der Waals surface area (Å²) in [6.07, 6.45) is 8.66. The standard InChI is InChI=1S/C19H22N4O4/c1-26-16-10-14(2-5-21-16)17(24)23-7-3-19(4-8-23)11-15(27-18(19)25)12-22-9-6-20-13-22/h2,5-6,9-10,13,15H,3-4,7-8,11-12H2,1H3. The summed E-state index contributed by atoms with van der Waals surface area (Å²) in [6, 6.07) is 3.32. The summed E-state index contributed by atoms with van der Waals surface area (Å²) < 4.78 is 12.6. The van der Waals surface area contributed by atoms with Crippen LogP contribution in [0.5, 0.6) is 5.88 Å². The molecule has 2 aliphatic rings. The molecule has 0 bridgehead atoms. The predicted octanol–water partition coefficient (Wildman–Crippen LogP) is 1.52. The second-order valence-corrected chi connectivity index (χ2v) is 7.15. The predicted molar refractivity (Wildman–Crippen MR) is 95.1 cm³/mol. The number of piperidine rings is 1. The summed E-state index contributed by atoms with van der Waals surface area (Å²) in [4.78, 5) is 35.1. The summed E-state index contributed by atoms with van der Waals surface area (Å²) in [5.74, 6) is 0.216. The van der Waals surface area contributed by atoms with E-state index in [-0.39, 0.29) is 18.0 Å². The number of likely N-dealkylation sites (tertiary alicyclic amines) is 1. The molecule has 1 unspecified atom stereocenters. The fourth-order valence-corrected chi connectivity index (χ4v) is 3.95. The van der Waals surface area contributed by atoms with Crippen molar-refractivity contribution in [3.05, 3.63) is 42.6 Å². The van der Waals surface area contributed by atoms with Gasteiger partial charge in [0, 0.05) is 49.7 Å². The van der Waals surface area contributed by atoms with Crippen molar-refractivity contribution in [2.24, 2.45) is 5.41 Å². The van der Waals surface area contributed by atoms with E-state index in [0.717, 1.165) is 0 Å². The minimum Gasteiger partial charge on any atom is -0.481 e. The topological polar surface area (TPSA) is 86.5 Å². The van der Waals surface area contributed by atoms with Gasteiger partial charge in [0.25, 0.3) is 5.91 Å². The van der Waals surface area contributed by atoms with E-state index in [0.29, 0.717) is 50.3 Å². The summed E-state index contributed by atoms with van der Waals surface area (Å²) in [7, 11) is 1.52. The van der Waals surface area contributed by atoms with Crippen LogP contribution < -0.4 is 4.74 Å². The third-order valence-corrected chi connectivity index (χ3v) is 5.50. The van der Waals surface area contributed by atoms with Crippen LogP contribution in [0.4, 0.5) is 0 Å². The highest BCUT2D eigenvalue weighted by Crippen LogP contribution is 2.43. The maximum absolute atomic E-state index is 12.7. The van der Waals surface area contributed by atoms with Crippen LogP contribution in [0, 0.1) is 5.41 Å². The van der Waals surface area contributed by atoms with E-state index in [9.17, 15) is 9.59 Å². The number of hydrogen-bond acceptors (Lipinski definition) is 6. The minimum atomic E-state index is -0.474. The minimum absolute atomic E-state index is 0.0631. The molecule has 0 saturated carbocycles. The summed E-state index contributed by atoms with van der Waals surface area (Å²) >= 11 is 0. The van der Waals surface area contributed by atoms with Crippen molar-refractivity contribution in [1.29, 1.82) is 0 Å². The Hall–Kier alpha value is -2.90. The first-order valence-corrected chi connectivity index (χ1v) is 9.06. The van der Waals surface area contributed by atoms with Gasteiger partial charge in [-0.25, -0.2) is 9.97 Å². The van der Waals surface area contributed by atoms with Gasteiger partial charge >= 0.3 is 5.97 Å². The van der Waals surface area contributed by atoms with Crippen molar-refractivity contribution in [3.63, 3.8) is 0 Å². The first-order chi connectivity index (χ1) is 13.1. The molecule has 1 atom stereocenters. The van der Waals surface area contributed by atoms with Gasteiger partial charge in [0.2, 0.25) is 5.88 Å². The first kappa shape index (κ1) is 17.5. The Labute approximate surface area is 157 Å². The van der Waals surface area contributed by atoms with E-state index in [1.165, 1.54) is 7.11 Å². The van der Waals surface area contributed by atoms with E-state index in [2.05, 4.69) is 9.97 Å². The number of imidazole rings is 1. The molecule has 8 heteroatoms. The molecule has 0 aromatic carbocycles. The second kappa shape index (κ2) is 7.02. The number of ether oxygens (including phenoxy) is 2. The molecule has 4 rings (SSSR count). The fraction of sp³-hybridized carbons (Fsp3) is 0.474. The maximum Gasteiger partial charge on any atom is 0.312 e. The van der Waals surface area contributed by atoms with Crippen LogP contribution in [-0.4, -0.2) is 57.6 Å². The molecule has 1 amide bonds. The Morgan fingerprint density at radius 1 is 1.37 bits per heavy atom. The van der Waals surface area contributed by atoms with Crippen LogP contribution in [0.1, 0.15) is 29.6 Å². The highest BCUT2D eigenvalue weighted by atomic mass is 16.6. The molecule has 2 aliphatic heterocycles. The van der Waals surface area contributed by atoms with Crippen LogP contribution in [0.25, 0.3) is 0 Å². The molecule has 0 N–H and O–H groups in total. The molecule has 142 valence electrons. The van der Waals surface area contributed by atoms with Crippen LogP contribution in [0.15, 0.2) is 37.1 Å². The van der Waals surface area contributed by atoms with Gasteiger partial charge in [0.05, 0.1) is 25.4 Å². The van der Waals surface area contributed by atoms with Gasteiger partial charge in [0.1, 0.15) is 6.10 Å². The van der Waals surface area contributed by atoms with Gasteiger partial charge in [-0.15, -0.1) is 0 Å². The van der Waals surface area contributed by atoms with Crippen molar-refractivity contribution < 1.29 is 19.1 Å². The van der Waals surface area contributed by atoms with E-state index in [1.54, 1.807) is 35.8 Å². The van der Waals surface area contributed by atoms with Gasteiger partial charge < -0.3 is 18.9 Å². The highest BCUT2D eigenvalue weighted by Gasteiger charge is 2.50. The molecular formula is C19H22N4O4. The van der Waals surface area contributed by atoms with Crippen LogP contribution >= 0.6 is 0 Å². The van der Waals surface area contributed by atoms with Crippen molar-refractivity contribution in [2.45, 2.75) is 31.9 Å². The number of carbonyl (C=O) groups excluding carboxylic acids is 2. The van der Waals surface area contributed by atoms with Crippen molar-refractivity contribution in [1.82, 2.24) is 19.4 Å². The summed E-state index contributed by atoms with van der Waals surface area (Å²) in [5, 5.41) is 0. The zero-order chi connectivity index (χ0) is 18.9. The number of hydrogen-bond donors (Lipinski definition) is 0. The normalized spacial score (nSPS) is 21.3. The number of pyridine rings is 1. The lowest BCUT2D eigenvalue weighted by molar-refractivity contribution is -0.150. The molecule has 2 saturated heterocycles. The molecule has 2 aromatic heterocycles. The largest absolute Gasteiger partial charge is 0.481 e. The van der Waals surface area contributed by atoms with Crippen LogP contribution in [0.2, 0.25) is 0 Å².